The van der Waals surface area contributed by atoms with Crippen LogP contribution in [0.4, 0.5) is 5.69 Å². The van der Waals surface area contributed by atoms with Crippen molar-refractivity contribution in [3.8, 4) is 5.75 Å². The zero-order chi connectivity index (χ0) is 36.0. The van der Waals surface area contributed by atoms with E-state index < -0.39 is 11.6 Å². The summed E-state index contributed by atoms with van der Waals surface area (Å²) in [6.45, 7) is 10.2. The first-order valence-electron chi connectivity index (χ1n) is 17.7. The minimum Gasteiger partial charge on any atom is -0.496 e. The van der Waals surface area contributed by atoms with Gasteiger partial charge in [-0.15, -0.1) is 0 Å². The normalized spacial score (nSPS) is 14.5. The Bertz CT molecular complexity index is 1900. The third kappa shape index (κ3) is 8.29. The first-order chi connectivity index (χ1) is 24.0. The van der Waals surface area contributed by atoms with E-state index in [-0.39, 0.29) is 23.7 Å². The van der Waals surface area contributed by atoms with Crippen molar-refractivity contribution >= 4 is 40.5 Å². The van der Waals surface area contributed by atoms with Crippen LogP contribution in [0.2, 0.25) is 0 Å². The van der Waals surface area contributed by atoms with E-state index >= 15 is 0 Å². The fraction of sp³-hybridized carbons (Fsp3) is 0.405. The number of hydrogen-bond acceptors (Lipinski definition) is 6. The monoisotopic (exact) mass is 678 g/mol. The molecular formula is C42H50N2O6. The molecule has 5 rings (SSSR count). The molecule has 0 bridgehead atoms. The van der Waals surface area contributed by atoms with Crippen molar-refractivity contribution in [2.75, 3.05) is 19.5 Å². The van der Waals surface area contributed by atoms with Crippen LogP contribution in [0.5, 0.6) is 5.75 Å². The van der Waals surface area contributed by atoms with Crippen molar-refractivity contribution in [2.24, 2.45) is 5.92 Å². The molecule has 0 spiro atoms. The second-order valence-electron chi connectivity index (χ2n) is 14.1. The number of methoxy groups -OCH3 is 2. The minimum absolute atomic E-state index is 0.0378. The highest BCUT2D eigenvalue weighted by atomic mass is 16.6. The predicted octanol–water partition coefficient (Wildman–Crippen LogP) is 9.29. The lowest BCUT2D eigenvalue weighted by Crippen LogP contribution is -2.24. The number of nitrogens with zero attached hydrogens (tertiary/aromatic N) is 1. The Hall–Kier alpha value is -4.85. The zero-order valence-electron chi connectivity index (χ0n) is 30.4. The summed E-state index contributed by atoms with van der Waals surface area (Å²) < 4.78 is 18.6. The molecule has 1 aromatic heterocycles. The maximum Gasteiger partial charge on any atom is 0.338 e. The largest absolute Gasteiger partial charge is 0.496 e. The molecule has 3 aromatic carbocycles. The predicted molar refractivity (Wildman–Crippen MR) is 199 cm³/mol. The first-order valence-corrected chi connectivity index (χ1v) is 17.7. The molecule has 1 amide bonds. The molecule has 0 radical (unpaired) electrons. The molecule has 1 aliphatic carbocycles. The molecule has 4 aromatic rings. The number of aromatic nitrogens is 1. The summed E-state index contributed by atoms with van der Waals surface area (Å²) in [6.07, 6.45) is 8.95. The third-order valence-corrected chi connectivity index (χ3v) is 9.39. The van der Waals surface area contributed by atoms with Gasteiger partial charge in [0, 0.05) is 41.1 Å². The van der Waals surface area contributed by atoms with Crippen LogP contribution in [0.25, 0.3) is 17.0 Å². The van der Waals surface area contributed by atoms with Crippen LogP contribution in [-0.4, -0.2) is 42.2 Å². The molecular weight excluding hydrogens is 628 g/mol. The van der Waals surface area contributed by atoms with Gasteiger partial charge in [0.2, 0.25) is 5.91 Å². The second kappa shape index (κ2) is 15.8. The number of anilines is 1. The molecule has 8 heteroatoms. The van der Waals surface area contributed by atoms with Gasteiger partial charge in [-0.2, -0.15) is 0 Å². The molecule has 2 unspecified atom stereocenters. The van der Waals surface area contributed by atoms with Gasteiger partial charge in [0.05, 0.1) is 31.8 Å². The number of ether oxygens (including phenoxy) is 3. The number of fused-ring (bicyclic) bond motifs is 2. The van der Waals surface area contributed by atoms with Crippen molar-refractivity contribution in [3.05, 3.63) is 100 Å². The molecule has 0 fully saturated rings. The maximum atomic E-state index is 13.3. The van der Waals surface area contributed by atoms with Crippen molar-refractivity contribution in [1.82, 2.24) is 4.57 Å². The van der Waals surface area contributed by atoms with E-state index in [9.17, 15) is 14.4 Å². The summed E-state index contributed by atoms with van der Waals surface area (Å²) in [4.78, 5) is 38.4. The standard InChI is InChI=1S/C42H50N2O6/c1-8-10-13-27(9-2)40(46)43-32-19-20-34-35(39-29(18-21-38(45)49-7)22-28-14-11-12-15-33(28)39)26-44(36(34)24-32)25-31-17-16-30(23-37(31)48-6)41(47)50-42(3,4)5/h11-12,14-17,19-20,22-24,26-27,39H,8-10,13,18,21,25H2,1-7H3,(H,43,46). The highest BCUT2D eigenvalue weighted by molar-refractivity contribution is 5.96. The van der Waals surface area contributed by atoms with Gasteiger partial charge in [-0.1, -0.05) is 74.7 Å². The first kappa shape index (κ1) is 36.4. The van der Waals surface area contributed by atoms with E-state index in [4.69, 9.17) is 14.2 Å². The smallest absolute Gasteiger partial charge is 0.338 e. The highest BCUT2D eigenvalue weighted by Crippen LogP contribution is 2.46. The Morgan fingerprint density at radius 3 is 2.44 bits per heavy atom. The summed E-state index contributed by atoms with van der Waals surface area (Å²) in [5.74, 6) is -0.140. The number of esters is 2. The number of allylic oxidation sites excluding steroid dienone is 1. The van der Waals surface area contributed by atoms with Crippen LogP contribution >= 0.6 is 0 Å². The Morgan fingerprint density at radius 1 is 0.960 bits per heavy atom. The van der Waals surface area contributed by atoms with Gasteiger partial charge >= 0.3 is 11.9 Å². The fourth-order valence-electron chi connectivity index (χ4n) is 6.82. The molecule has 1 heterocycles. The number of unbranched alkanes of at least 4 members (excludes halogenated alkanes) is 1. The Morgan fingerprint density at radius 2 is 1.74 bits per heavy atom. The van der Waals surface area contributed by atoms with Crippen LogP contribution in [0, 0.1) is 5.92 Å². The molecule has 1 aliphatic rings. The molecule has 0 saturated heterocycles. The number of hydrogen-bond donors (Lipinski definition) is 1. The Kier molecular flexibility index (Phi) is 11.5. The molecule has 0 aliphatic heterocycles. The SMILES string of the molecule is CCCCC(CC)C(=O)Nc1ccc2c(C3C(CCC(=O)OC)=Cc4ccccc43)cn(Cc3ccc(C(=O)OC(C)(C)C)cc3OC)c2c1. The van der Waals surface area contributed by atoms with Gasteiger partial charge in [0.15, 0.2) is 0 Å². The maximum absolute atomic E-state index is 13.3. The summed E-state index contributed by atoms with van der Waals surface area (Å²) >= 11 is 0. The molecule has 264 valence electrons. The van der Waals surface area contributed by atoms with Crippen LogP contribution < -0.4 is 10.1 Å². The van der Waals surface area contributed by atoms with Crippen LogP contribution in [0.1, 0.15) is 112 Å². The van der Waals surface area contributed by atoms with E-state index in [0.29, 0.717) is 30.7 Å². The lowest BCUT2D eigenvalue weighted by Gasteiger charge is -2.20. The van der Waals surface area contributed by atoms with E-state index in [0.717, 1.165) is 64.5 Å². The number of rotatable bonds is 14. The number of amides is 1. The Balaban J connectivity index is 1.59. The van der Waals surface area contributed by atoms with Gasteiger partial charge in [-0.25, -0.2) is 4.79 Å². The van der Waals surface area contributed by atoms with Crippen LogP contribution in [0.3, 0.4) is 0 Å². The summed E-state index contributed by atoms with van der Waals surface area (Å²) in [6, 6.07) is 19.9. The van der Waals surface area contributed by atoms with E-state index in [1.807, 2.05) is 45.0 Å². The fourth-order valence-corrected chi connectivity index (χ4v) is 6.82. The van der Waals surface area contributed by atoms with Gasteiger partial charge in [0.1, 0.15) is 11.4 Å². The Labute approximate surface area is 295 Å². The van der Waals surface area contributed by atoms with Crippen molar-refractivity contribution < 1.29 is 28.6 Å². The summed E-state index contributed by atoms with van der Waals surface area (Å²) in [7, 11) is 3.02. The second-order valence-corrected chi connectivity index (χ2v) is 14.1. The van der Waals surface area contributed by atoms with Gasteiger partial charge in [-0.3, -0.25) is 9.59 Å². The van der Waals surface area contributed by atoms with Crippen LogP contribution in [-0.2, 0) is 25.6 Å². The molecule has 8 nitrogen and oxygen atoms in total. The number of carbonyl (C=O) groups excluding carboxylic acids is 3. The highest BCUT2D eigenvalue weighted by Gasteiger charge is 2.30. The summed E-state index contributed by atoms with van der Waals surface area (Å²) in [5, 5.41) is 4.25. The van der Waals surface area contributed by atoms with E-state index in [1.165, 1.54) is 12.7 Å². The average Bonchev–Trinajstić information content (AvgIpc) is 3.63. The third-order valence-electron chi connectivity index (χ3n) is 9.39. The number of nitrogens with one attached hydrogen (secondary N) is 1. The topological polar surface area (TPSA) is 95.9 Å². The number of carbonyl (C=O) groups is 3. The van der Waals surface area contributed by atoms with Crippen LogP contribution in [0.15, 0.2) is 72.4 Å². The van der Waals surface area contributed by atoms with Crippen molar-refractivity contribution in [2.45, 2.75) is 91.2 Å². The van der Waals surface area contributed by atoms with Gasteiger partial charge in [-0.05, 0) is 81.0 Å². The molecule has 50 heavy (non-hydrogen) atoms. The van der Waals surface area contributed by atoms with E-state index in [1.54, 1.807) is 19.2 Å². The zero-order valence-corrected chi connectivity index (χ0v) is 30.4. The molecule has 2 atom stereocenters. The van der Waals surface area contributed by atoms with Crippen molar-refractivity contribution in [1.29, 1.82) is 0 Å². The minimum atomic E-state index is -0.618. The summed E-state index contributed by atoms with van der Waals surface area (Å²) in [5.41, 5.74) is 6.96. The lowest BCUT2D eigenvalue weighted by molar-refractivity contribution is -0.140. The van der Waals surface area contributed by atoms with Crippen molar-refractivity contribution in [3.63, 3.8) is 0 Å². The lowest BCUT2D eigenvalue weighted by atomic mass is 9.86. The van der Waals surface area contributed by atoms with Gasteiger partial charge in [0.25, 0.3) is 0 Å². The quantitative estimate of drug-likeness (QED) is 0.134. The average molecular weight is 679 g/mol. The number of benzene rings is 3. The van der Waals surface area contributed by atoms with E-state index in [2.05, 4.69) is 60.3 Å². The van der Waals surface area contributed by atoms with Gasteiger partial charge < -0.3 is 24.1 Å². The molecule has 1 N–H and O–H groups in total. The molecule has 0 saturated carbocycles.